The minimum absolute atomic E-state index is 0.126. The molecule has 2 N–H and O–H groups in total. The Morgan fingerprint density at radius 1 is 1.41 bits per heavy atom. The van der Waals surface area contributed by atoms with Gasteiger partial charge in [-0.3, -0.25) is 0 Å². The van der Waals surface area contributed by atoms with Gasteiger partial charge in [0.15, 0.2) is 5.69 Å². The fourth-order valence-corrected chi connectivity index (χ4v) is 2.21. The molecule has 0 fully saturated rings. The number of imidazole rings is 1. The number of aromatic amines is 1. The molecule has 0 aliphatic heterocycles. The van der Waals surface area contributed by atoms with Crippen molar-refractivity contribution in [2.45, 2.75) is 11.8 Å². The normalized spacial score (nSPS) is 10.4. The zero-order valence-electron chi connectivity index (χ0n) is 9.30. The van der Waals surface area contributed by atoms with Gasteiger partial charge in [-0.15, -0.1) is 11.8 Å². The number of carboxylic acid groups (broad SMARTS) is 1. The van der Waals surface area contributed by atoms with Gasteiger partial charge in [-0.1, -0.05) is 19.1 Å². The molecule has 0 saturated carbocycles. The lowest BCUT2D eigenvalue weighted by Crippen LogP contribution is -1.98. The van der Waals surface area contributed by atoms with Gasteiger partial charge in [0, 0.05) is 10.5 Å². The molecule has 2 aromatic rings. The second kappa shape index (κ2) is 5.05. The summed E-state index contributed by atoms with van der Waals surface area (Å²) in [4.78, 5) is 18.8. The van der Waals surface area contributed by atoms with Crippen LogP contribution in [0.1, 0.15) is 17.4 Å². The van der Waals surface area contributed by atoms with Crippen molar-refractivity contribution in [2.75, 3.05) is 5.75 Å². The maximum atomic E-state index is 11.0. The summed E-state index contributed by atoms with van der Waals surface area (Å²) in [6.07, 6.45) is 1.40. The lowest BCUT2D eigenvalue weighted by molar-refractivity contribution is 0.0692. The molecule has 1 aromatic carbocycles. The van der Waals surface area contributed by atoms with Crippen molar-refractivity contribution in [3.05, 3.63) is 36.3 Å². The van der Waals surface area contributed by atoms with E-state index in [1.165, 1.54) is 11.2 Å². The van der Waals surface area contributed by atoms with E-state index in [0.717, 1.165) is 11.3 Å². The van der Waals surface area contributed by atoms with E-state index in [9.17, 15) is 4.79 Å². The number of aromatic carboxylic acids is 1. The van der Waals surface area contributed by atoms with Crippen LogP contribution < -0.4 is 0 Å². The lowest BCUT2D eigenvalue weighted by atomic mass is 10.1. The largest absolute Gasteiger partial charge is 0.477 e. The zero-order valence-corrected chi connectivity index (χ0v) is 10.1. The summed E-state index contributed by atoms with van der Waals surface area (Å²) < 4.78 is 0. The van der Waals surface area contributed by atoms with E-state index in [-0.39, 0.29) is 5.69 Å². The Kier molecular flexibility index (Phi) is 3.49. The number of nitrogens with zero attached hydrogens (tertiary/aromatic N) is 1. The predicted molar refractivity (Wildman–Crippen MR) is 67.4 cm³/mol. The van der Waals surface area contributed by atoms with Crippen LogP contribution in [0.3, 0.4) is 0 Å². The molecule has 0 aliphatic rings. The maximum absolute atomic E-state index is 11.0. The second-order valence-electron chi connectivity index (χ2n) is 3.39. The van der Waals surface area contributed by atoms with Gasteiger partial charge in [0.2, 0.25) is 0 Å². The van der Waals surface area contributed by atoms with E-state index in [4.69, 9.17) is 5.11 Å². The molecule has 0 bridgehead atoms. The number of carboxylic acids is 1. The zero-order chi connectivity index (χ0) is 12.3. The van der Waals surface area contributed by atoms with Gasteiger partial charge in [-0.2, -0.15) is 0 Å². The average molecular weight is 248 g/mol. The van der Waals surface area contributed by atoms with Gasteiger partial charge >= 0.3 is 5.97 Å². The van der Waals surface area contributed by atoms with Crippen LogP contribution in [0.25, 0.3) is 11.3 Å². The SMILES string of the molecule is CCSc1ccc(-c2nc[nH]c2C(=O)O)cc1. The third-order valence-corrected chi connectivity index (χ3v) is 3.19. The molecule has 88 valence electrons. The maximum Gasteiger partial charge on any atom is 0.354 e. The Morgan fingerprint density at radius 3 is 2.71 bits per heavy atom. The van der Waals surface area contributed by atoms with Crippen LogP contribution in [0.2, 0.25) is 0 Å². The van der Waals surface area contributed by atoms with Crippen LogP contribution in [0.4, 0.5) is 0 Å². The van der Waals surface area contributed by atoms with Gasteiger partial charge in [0.1, 0.15) is 5.69 Å². The van der Waals surface area contributed by atoms with Gasteiger partial charge in [-0.05, 0) is 17.9 Å². The summed E-state index contributed by atoms with van der Waals surface area (Å²) in [6.45, 7) is 2.09. The standard InChI is InChI=1S/C12H12N2O2S/c1-2-17-9-5-3-8(4-6-9)10-11(12(15)16)14-7-13-10/h3-7H,2H2,1H3,(H,13,14)(H,15,16). The molecule has 0 aliphatic carbocycles. The van der Waals surface area contributed by atoms with Gasteiger partial charge in [-0.25, -0.2) is 9.78 Å². The number of carbonyl (C=O) groups is 1. The van der Waals surface area contributed by atoms with Crippen molar-refractivity contribution in [3.63, 3.8) is 0 Å². The van der Waals surface area contributed by atoms with E-state index >= 15 is 0 Å². The number of hydrogen-bond donors (Lipinski definition) is 2. The molecule has 2 rings (SSSR count). The third-order valence-electron chi connectivity index (χ3n) is 2.29. The number of hydrogen-bond acceptors (Lipinski definition) is 3. The highest BCUT2D eigenvalue weighted by Crippen LogP contribution is 2.24. The first-order valence-corrected chi connectivity index (χ1v) is 6.21. The minimum atomic E-state index is -0.996. The number of thioether (sulfide) groups is 1. The van der Waals surface area contributed by atoms with Crippen molar-refractivity contribution in [1.82, 2.24) is 9.97 Å². The first-order chi connectivity index (χ1) is 8.22. The summed E-state index contributed by atoms with van der Waals surface area (Å²) in [6, 6.07) is 7.73. The Labute approximate surface area is 103 Å². The fraction of sp³-hybridized carbons (Fsp3) is 0.167. The molecule has 0 unspecified atom stereocenters. The topological polar surface area (TPSA) is 66.0 Å². The van der Waals surface area contributed by atoms with Crippen LogP contribution in [0.5, 0.6) is 0 Å². The monoisotopic (exact) mass is 248 g/mol. The van der Waals surface area contributed by atoms with Crippen LogP contribution in [-0.2, 0) is 0 Å². The summed E-state index contributed by atoms with van der Waals surface area (Å²) in [7, 11) is 0. The number of nitrogens with one attached hydrogen (secondary N) is 1. The Morgan fingerprint density at radius 2 is 2.12 bits per heavy atom. The Balaban J connectivity index is 2.33. The van der Waals surface area contributed by atoms with E-state index in [1.54, 1.807) is 11.8 Å². The Bertz CT molecular complexity index is 520. The quantitative estimate of drug-likeness (QED) is 0.816. The summed E-state index contributed by atoms with van der Waals surface area (Å²) in [5, 5.41) is 8.98. The number of benzene rings is 1. The molecule has 0 spiro atoms. The average Bonchev–Trinajstić information content (AvgIpc) is 2.79. The van der Waals surface area contributed by atoms with E-state index in [1.807, 2.05) is 24.3 Å². The molecule has 1 aromatic heterocycles. The third kappa shape index (κ3) is 2.50. The van der Waals surface area contributed by atoms with Crippen molar-refractivity contribution in [2.24, 2.45) is 0 Å². The molecule has 4 nitrogen and oxygen atoms in total. The van der Waals surface area contributed by atoms with Crippen molar-refractivity contribution >= 4 is 17.7 Å². The molecule has 17 heavy (non-hydrogen) atoms. The molecule has 0 atom stereocenters. The molecular formula is C12H12N2O2S. The van der Waals surface area contributed by atoms with Crippen LogP contribution in [-0.4, -0.2) is 26.8 Å². The molecular weight excluding hydrogens is 236 g/mol. The fourth-order valence-electron chi connectivity index (χ4n) is 1.55. The highest BCUT2D eigenvalue weighted by molar-refractivity contribution is 7.99. The van der Waals surface area contributed by atoms with Gasteiger partial charge in [0.05, 0.1) is 6.33 Å². The summed E-state index contributed by atoms with van der Waals surface area (Å²) >= 11 is 1.75. The first kappa shape index (κ1) is 11.7. The van der Waals surface area contributed by atoms with Crippen LogP contribution >= 0.6 is 11.8 Å². The number of rotatable bonds is 4. The second-order valence-corrected chi connectivity index (χ2v) is 4.73. The number of H-pyrrole nitrogens is 1. The lowest BCUT2D eigenvalue weighted by Gasteiger charge is -2.01. The first-order valence-electron chi connectivity index (χ1n) is 5.22. The highest BCUT2D eigenvalue weighted by Gasteiger charge is 2.14. The van der Waals surface area contributed by atoms with E-state index in [2.05, 4.69) is 16.9 Å². The molecule has 0 radical (unpaired) electrons. The van der Waals surface area contributed by atoms with E-state index < -0.39 is 5.97 Å². The Hall–Kier alpha value is -1.75. The summed E-state index contributed by atoms with van der Waals surface area (Å²) in [5.74, 6) is 0.0202. The van der Waals surface area contributed by atoms with Crippen molar-refractivity contribution in [3.8, 4) is 11.3 Å². The molecule has 5 heteroatoms. The van der Waals surface area contributed by atoms with Crippen LogP contribution in [0.15, 0.2) is 35.5 Å². The minimum Gasteiger partial charge on any atom is -0.477 e. The van der Waals surface area contributed by atoms with Gasteiger partial charge < -0.3 is 10.1 Å². The smallest absolute Gasteiger partial charge is 0.354 e. The van der Waals surface area contributed by atoms with Crippen LogP contribution in [0, 0.1) is 0 Å². The molecule has 0 amide bonds. The van der Waals surface area contributed by atoms with E-state index in [0.29, 0.717) is 5.69 Å². The molecule has 1 heterocycles. The molecule has 0 saturated heterocycles. The summed E-state index contributed by atoms with van der Waals surface area (Å²) in [5.41, 5.74) is 1.41. The van der Waals surface area contributed by atoms with Gasteiger partial charge in [0.25, 0.3) is 0 Å². The van der Waals surface area contributed by atoms with Crippen molar-refractivity contribution < 1.29 is 9.90 Å². The van der Waals surface area contributed by atoms with Crippen molar-refractivity contribution in [1.29, 1.82) is 0 Å². The predicted octanol–water partition coefficient (Wildman–Crippen LogP) is 2.89. The highest BCUT2D eigenvalue weighted by atomic mass is 32.2. The number of aromatic nitrogens is 2.